The summed E-state index contributed by atoms with van der Waals surface area (Å²) >= 11 is 0. The third-order valence-corrected chi connectivity index (χ3v) is 3.34. The zero-order valence-corrected chi connectivity index (χ0v) is 14.7. The van der Waals surface area contributed by atoms with Crippen LogP contribution in [0.5, 0.6) is 0 Å². The monoisotopic (exact) mass is 411 g/mol. The van der Waals surface area contributed by atoms with Gasteiger partial charge in [-0.3, -0.25) is 4.48 Å². The van der Waals surface area contributed by atoms with Crippen LogP contribution in [0.2, 0.25) is 0 Å². The van der Waals surface area contributed by atoms with Gasteiger partial charge in [0.2, 0.25) is 0 Å². The average molecular weight is 411 g/mol. The van der Waals surface area contributed by atoms with Crippen LogP contribution in [0, 0.1) is 0 Å². The highest BCUT2D eigenvalue weighted by Gasteiger charge is 2.37. The van der Waals surface area contributed by atoms with E-state index in [-0.39, 0.29) is 4.48 Å². The number of rotatable bonds is 2. The third-order valence-electron chi connectivity index (χ3n) is 2.77. The highest BCUT2D eigenvalue weighted by atomic mass is 32.2. The first-order chi connectivity index (χ1) is 11.3. The van der Waals surface area contributed by atoms with Crippen LogP contribution in [-0.2, 0) is 21.0 Å². The van der Waals surface area contributed by atoms with E-state index >= 15 is 0 Å². The van der Waals surface area contributed by atoms with Crippen molar-refractivity contribution in [2.75, 3.05) is 28.3 Å². The van der Waals surface area contributed by atoms with Crippen molar-refractivity contribution in [3.05, 3.63) is 29.3 Å². The Hall–Kier alpha value is -1.86. The highest BCUT2D eigenvalue weighted by molar-refractivity contribution is 7.86. The lowest BCUT2D eigenvalue weighted by atomic mass is 10.1. The van der Waals surface area contributed by atoms with Crippen LogP contribution >= 0.6 is 0 Å². The number of halogens is 6. The van der Waals surface area contributed by atoms with Gasteiger partial charge in [0.25, 0.3) is 0 Å². The molecule has 150 valence electrons. The molecule has 1 rings (SSSR count). The Morgan fingerprint density at radius 1 is 1.08 bits per heavy atom. The molecule has 0 heterocycles. The molecule has 0 bridgehead atoms. The fourth-order valence-corrected chi connectivity index (χ4v) is 1.47. The molecule has 6 nitrogen and oxygen atoms in total. The number of hydrogen-bond acceptors (Lipinski definition) is 5. The number of carbonyl (C=O) groups excluding carboxylic acids is 1. The van der Waals surface area contributed by atoms with Crippen molar-refractivity contribution in [1.29, 1.82) is 0 Å². The molecule has 0 atom stereocenters. The summed E-state index contributed by atoms with van der Waals surface area (Å²) < 4.78 is 102. The van der Waals surface area contributed by atoms with E-state index in [1.807, 2.05) is 0 Å². The molecule has 0 N–H and O–H groups in total. The third kappa shape index (κ3) is 6.80. The molecule has 0 saturated carbocycles. The Morgan fingerprint density at radius 3 is 1.77 bits per heavy atom. The standard InChI is InChI=1S/C12H15F3NO2.CHF3O3S/c1-16(2,3)8-5-6-9(11(17)18-4)10(7-8)12(13,14)15;2-1(3,4)8(5,6)7/h5-7H,1-4H3;(H,5,6,7)/q+1;/p-1. The van der Waals surface area contributed by atoms with Gasteiger partial charge in [-0.05, 0) is 12.1 Å². The van der Waals surface area contributed by atoms with E-state index in [1.165, 1.54) is 6.07 Å². The number of ether oxygens (including phenoxy) is 1. The number of methoxy groups -OCH3 is 1. The zero-order chi connectivity index (χ0) is 21.1. The Balaban J connectivity index is 0.000000660. The summed E-state index contributed by atoms with van der Waals surface area (Å²) in [7, 11) is 0.192. The number of nitrogens with zero attached hydrogens (tertiary/aromatic N) is 1. The maximum Gasteiger partial charge on any atom is 0.485 e. The molecule has 0 aliphatic rings. The SMILES string of the molecule is COC(=O)c1ccc([N+](C)(C)C)cc1C(F)(F)F.O=S(=O)([O-])C(F)(F)F. The quantitative estimate of drug-likeness (QED) is 0.246. The summed E-state index contributed by atoms with van der Waals surface area (Å²) in [4.78, 5) is 11.3. The van der Waals surface area contributed by atoms with Crippen LogP contribution in [0.25, 0.3) is 0 Å². The second kappa shape index (κ2) is 7.80. The molecule has 0 radical (unpaired) electrons. The molecule has 0 saturated heterocycles. The van der Waals surface area contributed by atoms with Crippen molar-refractivity contribution >= 4 is 21.8 Å². The van der Waals surface area contributed by atoms with E-state index in [4.69, 9.17) is 13.0 Å². The van der Waals surface area contributed by atoms with Gasteiger partial charge in [-0.1, -0.05) is 0 Å². The van der Waals surface area contributed by atoms with Gasteiger partial charge in [-0.15, -0.1) is 0 Å². The Morgan fingerprint density at radius 2 is 1.50 bits per heavy atom. The molecule has 0 fully saturated rings. The fraction of sp³-hybridized carbons (Fsp3) is 0.462. The lowest BCUT2D eigenvalue weighted by Gasteiger charge is -2.24. The smallest absolute Gasteiger partial charge is 0.485 e. The minimum absolute atomic E-state index is 0.227. The maximum atomic E-state index is 12.9. The molecule has 0 aromatic heterocycles. The van der Waals surface area contributed by atoms with E-state index < -0.39 is 38.9 Å². The van der Waals surface area contributed by atoms with Gasteiger partial charge < -0.3 is 9.29 Å². The Labute approximate surface area is 145 Å². The number of alkyl halides is 6. The van der Waals surface area contributed by atoms with E-state index in [1.54, 1.807) is 21.1 Å². The lowest BCUT2D eigenvalue weighted by molar-refractivity contribution is -0.138. The zero-order valence-electron chi connectivity index (χ0n) is 13.9. The second-order valence-corrected chi connectivity index (χ2v) is 7.00. The summed E-state index contributed by atoms with van der Waals surface area (Å²) in [5, 5.41) is 0. The van der Waals surface area contributed by atoms with Crippen molar-refractivity contribution in [3.8, 4) is 0 Å². The maximum absolute atomic E-state index is 12.9. The van der Waals surface area contributed by atoms with Crippen molar-refractivity contribution in [2.24, 2.45) is 0 Å². The molecule has 0 aliphatic heterocycles. The van der Waals surface area contributed by atoms with Crippen LogP contribution in [0.3, 0.4) is 0 Å². The predicted octanol–water partition coefficient (Wildman–Crippen LogP) is 2.74. The van der Waals surface area contributed by atoms with Gasteiger partial charge in [0.15, 0.2) is 10.1 Å². The summed E-state index contributed by atoms with van der Waals surface area (Å²) in [6.45, 7) is 0. The molecule has 0 spiro atoms. The number of esters is 1. The summed E-state index contributed by atoms with van der Waals surface area (Å²) in [6, 6.07) is 3.61. The topological polar surface area (TPSA) is 83.5 Å². The van der Waals surface area contributed by atoms with Crippen molar-refractivity contribution in [2.45, 2.75) is 11.7 Å². The van der Waals surface area contributed by atoms with Gasteiger partial charge in [-0.2, -0.15) is 26.3 Å². The van der Waals surface area contributed by atoms with Gasteiger partial charge >= 0.3 is 17.7 Å². The summed E-state index contributed by atoms with van der Waals surface area (Å²) in [5.41, 5.74) is -6.63. The number of quaternary nitrogens is 1. The van der Waals surface area contributed by atoms with Crippen molar-refractivity contribution < 1.29 is 48.8 Å². The molecule has 1 aromatic carbocycles. The first-order valence-corrected chi connectivity index (χ1v) is 7.87. The van der Waals surface area contributed by atoms with Crippen molar-refractivity contribution in [1.82, 2.24) is 4.48 Å². The summed E-state index contributed by atoms with van der Waals surface area (Å²) in [6.07, 6.45) is -4.59. The van der Waals surface area contributed by atoms with Crippen LogP contribution in [0.15, 0.2) is 18.2 Å². The minimum Gasteiger partial charge on any atom is -0.741 e. The molecule has 0 aliphatic carbocycles. The lowest BCUT2D eigenvalue weighted by Crippen LogP contribution is -2.35. The number of benzene rings is 1. The van der Waals surface area contributed by atoms with Gasteiger partial charge in [0, 0.05) is 6.07 Å². The highest BCUT2D eigenvalue weighted by Crippen LogP contribution is 2.35. The molecule has 26 heavy (non-hydrogen) atoms. The van der Waals surface area contributed by atoms with Crippen LogP contribution in [-0.4, -0.2) is 52.7 Å². The van der Waals surface area contributed by atoms with E-state index in [2.05, 4.69) is 4.74 Å². The first kappa shape index (κ1) is 24.1. The van der Waals surface area contributed by atoms with Gasteiger partial charge in [0.05, 0.1) is 39.4 Å². The van der Waals surface area contributed by atoms with E-state index in [9.17, 15) is 31.1 Å². The molecule has 0 unspecified atom stereocenters. The van der Waals surface area contributed by atoms with Crippen LogP contribution in [0.1, 0.15) is 15.9 Å². The van der Waals surface area contributed by atoms with Crippen LogP contribution in [0.4, 0.5) is 32.0 Å². The Bertz CT molecular complexity index is 750. The fourth-order valence-electron chi connectivity index (χ4n) is 1.47. The summed E-state index contributed by atoms with van der Waals surface area (Å²) in [5.74, 6) is -0.990. The van der Waals surface area contributed by atoms with Crippen molar-refractivity contribution in [3.63, 3.8) is 0 Å². The Kier molecular flexibility index (Phi) is 7.24. The molecular formula is C13H15F6NO5S. The van der Waals surface area contributed by atoms with Gasteiger partial charge in [0.1, 0.15) is 5.69 Å². The second-order valence-electron chi connectivity index (χ2n) is 5.63. The largest absolute Gasteiger partial charge is 0.741 e. The van der Waals surface area contributed by atoms with E-state index in [0.29, 0.717) is 5.69 Å². The van der Waals surface area contributed by atoms with Gasteiger partial charge in [-0.25, -0.2) is 13.2 Å². The number of hydrogen-bond donors (Lipinski definition) is 0. The molecule has 13 heteroatoms. The van der Waals surface area contributed by atoms with E-state index in [0.717, 1.165) is 19.2 Å². The molecule has 1 aromatic rings. The normalized spacial score (nSPS) is 12.9. The molecular weight excluding hydrogens is 396 g/mol. The predicted molar refractivity (Wildman–Crippen MR) is 78.1 cm³/mol. The average Bonchev–Trinajstić information content (AvgIpc) is 2.42. The molecule has 0 amide bonds. The first-order valence-electron chi connectivity index (χ1n) is 6.46. The number of carbonyl (C=O) groups is 1. The minimum atomic E-state index is -6.09. The van der Waals surface area contributed by atoms with Crippen LogP contribution < -0.4 is 4.48 Å².